The molecule has 88 valence electrons. The van der Waals surface area contributed by atoms with Crippen LogP contribution in [-0.4, -0.2) is 22.5 Å². The summed E-state index contributed by atoms with van der Waals surface area (Å²) in [5, 5.41) is 0. The van der Waals surface area contributed by atoms with Gasteiger partial charge in [0.2, 0.25) is 5.43 Å². The summed E-state index contributed by atoms with van der Waals surface area (Å²) in [7, 11) is 0. The van der Waals surface area contributed by atoms with Crippen LogP contribution in [0.25, 0.3) is 11.0 Å². The van der Waals surface area contributed by atoms with E-state index in [1.54, 1.807) is 13.0 Å². The van der Waals surface area contributed by atoms with Crippen LogP contribution in [0.1, 0.15) is 17.4 Å². The van der Waals surface area contributed by atoms with Gasteiger partial charge in [-0.25, -0.2) is 9.78 Å². The maximum Gasteiger partial charge on any atom is 0.354 e. The van der Waals surface area contributed by atoms with Crippen molar-refractivity contribution in [3.8, 4) is 0 Å². The second-order valence-corrected chi connectivity index (χ2v) is 4.23. The molecule has 0 saturated heterocycles. The van der Waals surface area contributed by atoms with Gasteiger partial charge >= 0.3 is 5.97 Å². The molecule has 0 atom stereocenters. The molecule has 0 spiro atoms. The van der Waals surface area contributed by atoms with Crippen LogP contribution in [0.15, 0.2) is 27.6 Å². The summed E-state index contributed by atoms with van der Waals surface area (Å²) < 4.78 is 5.54. The Morgan fingerprint density at radius 2 is 2.29 bits per heavy atom. The number of H-pyrrole nitrogens is 1. The molecule has 0 aliphatic rings. The van der Waals surface area contributed by atoms with Crippen molar-refractivity contribution in [3.05, 3.63) is 38.7 Å². The van der Waals surface area contributed by atoms with E-state index in [-0.39, 0.29) is 17.7 Å². The van der Waals surface area contributed by atoms with E-state index in [2.05, 4.69) is 25.9 Å². The SMILES string of the molecule is CCOC(=O)c1cc(=O)c2ncc(Br)cc2[nH]1. The average Bonchev–Trinajstić information content (AvgIpc) is 2.28. The number of carbonyl (C=O) groups excluding carboxylic acids is 1. The lowest BCUT2D eigenvalue weighted by Crippen LogP contribution is -2.13. The van der Waals surface area contributed by atoms with Crippen molar-refractivity contribution in [1.82, 2.24) is 9.97 Å². The van der Waals surface area contributed by atoms with Crippen LogP contribution >= 0.6 is 15.9 Å². The lowest BCUT2D eigenvalue weighted by Gasteiger charge is -2.03. The van der Waals surface area contributed by atoms with Crippen molar-refractivity contribution in [1.29, 1.82) is 0 Å². The molecule has 0 aliphatic heterocycles. The van der Waals surface area contributed by atoms with Gasteiger partial charge in [-0.15, -0.1) is 0 Å². The van der Waals surface area contributed by atoms with Crippen LogP contribution in [0.5, 0.6) is 0 Å². The number of pyridine rings is 2. The van der Waals surface area contributed by atoms with E-state index in [9.17, 15) is 9.59 Å². The van der Waals surface area contributed by atoms with Crippen molar-refractivity contribution in [3.63, 3.8) is 0 Å². The number of ether oxygens (including phenoxy) is 1. The Bertz CT molecular complexity index is 636. The molecule has 2 aromatic rings. The molecular formula is C11H9BrN2O3. The zero-order chi connectivity index (χ0) is 12.4. The smallest absolute Gasteiger partial charge is 0.354 e. The van der Waals surface area contributed by atoms with Gasteiger partial charge in [0.1, 0.15) is 11.2 Å². The molecule has 0 amide bonds. The molecular weight excluding hydrogens is 288 g/mol. The minimum absolute atomic E-state index is 0.129. The number of aromatic amines is 1. The number of hydrogen-bond acceptors (Lipinski definition) is 4. The molecule has 0 aromatic carbocycles. The third-order valence-corrected chi connectivity index (χ3v) is 2.56. The van der Waals surface area contributed by atoms with Gasteiger partial charge in [-0.3, -0.25) is 4.79 Å². The summed E-state index contributed by atoms with van der Waals surface area (Å²) in [5.74, 6) is -0.550. The number of rotatable bonds is 2. The Morgan fingerprint density at radius 1 is 1.53 bits per heavy atom. The van der Waals surface area contributed by atoms with Crippen LogP contribution in [0, 0.1) is 0 Å². The molecule has 2 heterocycles. The van der Waals surface area contributed by atoms with Gasteiger partial charge in [-0.05, 0) is 28.9 Å². The van der Waals surface area contributed by atoms with Crippen LogP contribution in [0.2, 0.25) is 0 Å². The molecule has 0 aliphatic carbocycles. The summed E-state index contributed by atoms with van der Waals surface area (Å²) in [4.78, 5) is 30.0. The van der Waals surface area contributed by atoms with Crippen molar-refractivity contribution in [2.75, 3.05) is 6.61 Å². The number of aromatic nitrogens is 2. The van der Waals surface area contributed by atoms with Crippen molar-refractivity contribution >= 4 is 32.9 Å². The first-order valence-electron chi connectivity index (χ1n) is 4.97. The van der Waals surface area contributed by atoms with E-state index in [1.807, 2.05) is 0 Å². The zero-order valence-electron chi connectivity index (χ0n) is 8.99. The maximum atomic E-state index is 11.7. The molecule has 1 N–H and O–H groups in total. The number of nitrogens with one attached hydrogen (secondary N) is 1. The van der Waals surface area contributed by atoms with E-state index in [4.69, 9.17) is 4.74 Å². The van der Waals surface area contributed by atoms with Gasteiger partial charge in [0.05, 0.1) is 12.1 Å². The quantitative estimate of drug-likeness (QED) is 0.859. The highest BCUT2D eigenvalue weighted by Gasteiger charge is 2.11. The molecule has 0 bridgehead atoms. The van der Waals surface area contributed by atoms with Gasteiger partial charge < -0.3 is 9.72 Å². The van der Waals surface area contributed by atoms with E-state index in [1.165, 1.54) is 12.3 Å². The molecule has 2 aromatic heterocycles. The first-order chi connectivity index (χ1) is 8.11. The van der Waals surface area contributed by atoms with Gasteiger partial charge in [-0.2, -0.15) is 0 Å². The summed E-state index contributed by atoms with van der Waals surface area (Å²) in [5.41, 5.74) is 0.606. The highest BCUT2D eigenvalue weighted by atomic mass is 79.9. The summed E-state index contributed by atoms with van der Waals surface area (Å²) >= 11 is 3.25. The Kier molecular flexibility index (Phi) is 3.23. The first-order valence-corrected chi connectivity index (χ1v) is 5.77. The molecule has 0 unspecified atom stereocenters. The minimum atomic E-state index is -0.550. The summed E-state index contributed by atoms with van der Waals surface area (Å²) in [6, 6.07) is 2.88. The third-order valence-electron chi connectivity index (χ3n) is 2.13. The lowest BCUT2D eigenvalue weighted by atomic mass is 10.2. The fourth-order valence-electron chi connectivity index (χ4n) is 1.43. The highest BCUT2D eigenvalue weighted by molar-refractivity contribution is 9.10. The van der Waals surface area contributed by atoms with E-state index in [0.29, 0.717) is 11.0 Å². The Hall–Kier alpha value is -1.69. The summed E-state index contributed by atoms with van der Waals surface area (Å²) in [6.45, 7) is 1.96. The van der Waals surface area contributed by atoms with Gasteiger partial charge in [0, 0.05) is 16.7 Å². The minimum Gasteiger partial charge on any atom is -0.461 e. The molecule has 0 saturated carbocycles. The maximum absolute atomic E-state index is 11.7. The van der Waals surface area contributed by atoms with E-state index >= 15 is 0 Å². The van der Waals surface area contributed by atoms with Crippen molar-refractivity contribution < 1.29 is 9.53 Å². The number of esters is 1. The number of nitrogens with zero attached hydrogens (tertiary/aromatic N) is 1. The van der Waals surface area contributed by atoms with Crippen LogP contribution < -0.4 is 5.43 Å². The summed E-state index contributed by atoms with van der Waals surface area (Å²) in [6.07, 6.45) is 1.53. The Labute approximate surface area is 105 Å². The van der Waals surface area contributed by atoms with Crippen molar-refractivity contribution in [2.45, 2.75) is 6.92 Å². The molecule has 17 heavy (non-hydrogen) atoms. The van der Waals surface area contributed by atoms with E-state index in [0.717, 1.165) is 4.47 Å². The predicted molar refractivity (Wildman–Crippen MR) is 66.0 cm³/mol. The number of hydrogen-bond donors (Lipinski definition) is 1. The average molecular weight is 297 g/mol. The van der Waals surface area contributed by atoms with E-state index < -0.39 is 5.97 Å². The third kappa shape index (κ3) is 2.36. The second kappa shape index (κ2) is 4.67. The van der Waals surface area contributed by atoms with Crippen molar-refractivity contribution in [2.24, 2.45) is 0 Å². The molecule has 6 heteroatoms. The molecule has 5 nitrogen and oxygen atoms in total. The standard InChI is InChI=1S/C11H9BrN2O3/c1-2-17-11(16)8-4-9(15)10-7(14-8)3-6(12)5-13-10/h3-5H,2H2,1H3,(H,14,15). The van der Waals surface area contributed by atoms with Crippen LogP contribution in [0.4, 0.5) is 0 Å². The first kappa shape index (κ1) is 11.8. The molecule has 0 radical (unpaired) electrons. The topological polar surface area (TPSA) is 72.1 Å². The molecule has 0 fully saturated rings. The normalized spacial score (nSPS) is 10.5. The van der Waals surface area contributed by atoms with Crippen LogP contribution in [0.3, 0.4) is 0 Å². The van der Waals surface area contributed by atoms with Gasteiger partial charge in [0.25, 0.3) is 0 Å². The Morgan fingerprint density at radius 3 is 3.00 bits per heavy atom. The zero-order valence-corrected chi connectivity index (χ0v) is 10.6. The highest BCUT2D eigenvalue weighted by Crippen LogP contribution is 2.13. The molecule has 2 rings (SSSR count). The van der Waals surface area contributed by atoms with Gasteiger partial charge in [-0.1, -0.05) is 0 Å². The monoisotopic (exact) mass is 296 g/mol. The number of halogens is 1. The Balaban J connectivity index is 2.61. The fourth-order valence-corrected chi connectivity index (χ4v) is 1.76. The second-order valence-electron chi connectivity index (χ2n) is 3.32. The van der Waals surface area contributed by atoms with Crippen LogP contribution in [-0.2, 0) is 4.74 Å². The largest absolute Gasteiger partial charge is 0.461 e. The fraction of sp³-hybridized carbons (Fsp3) is 0.182. The number of carbonyl (C=O) groups is 1. The van der Waals surface area contributed by atoms with Gasteiger partial charge in [0.15, 0.2) is 0 Å². The lowest BCUT2D eigenvalue weighted by molar-refractivity contribution is 0.0520. The number of fused-ring (bicyclic) bond motifs is 1. The predicted octanol–water partition coefficient (Wildman–Crippen LogP) is 1.86.